The Kier molecular flexibility index (Phi) is 4.47. The van der Waals surface area contributed by atoms with Crippen LogP contribution in [0.1, 0.15) is 11.1 Å². The average molecular weight is 294 g/mol. The lowest BCUT2D eigenvalue weighted by molar-refractivity contribution is -0.136. The lowest BCUT2D eigenvalue weighted by Crippen LogP contribution is -2.08. The van der Waals surface area contributed by atoms with Gasteiger partial charge in [-0.2, -0.15) is 18.3 Å². The van der Waals surface area contributed by atoms with Crippen molar-refractivity contribution in [3.63, 3.8) is 0 Å². The fraction of sp³-hybridized carbons (Fsp3) is 0.133. The number of halogens is 3. The fourth-order valence-corrected chi connectivity index (χ4v) is 1.77. The first-order valence-electron chi connectivity index (χ1n) is 6.10. The molecule has 2 rings (SSSR count). The molecule has 0 fully saturated rings. The van der Waals surface area contributed by atoms with Gasteiger partial charge in [0.1, 0.15) is 5.75 Å². The molecule has 0 heterocycles. The Bertz CT molecular complexity index is 639. The van der Waals surface area contributed by atoms with E-state index in [4.69, 9.17) is 4.74 Å². The van der Waals surface area contributed by atoms with Crippen LogP contribution in [0.2, 0.25) is 0 Å². The maximum absolute atomic E-state index is 12.8. The smallest absolute Gasteiger partial charge is 0.418 e. The van der Waals surface area contributed by atoms with Crippen molar-refractivity contribution in [2.75, 3.05) is 12.5 Å². The topological polar surface area (TPSA) is 33.6 Å². The third-order valence-corrected chi connectivity index (χ3v) is 2.76. The van der Waals surface area contributed by atoms with Crippen LogP contribution in [0.25, 0.3) is 0 Å². The molecule has 2 aromatic rings. The maximum atomic E-state index is 12.8. The van der Waals surface area contributed by atoms with Gasteiger partial charge in [-0.25, -0.2) is 0 Å². The molecule has 6 heteroatoms. The summed E-state index contributed by atoms with van der Waals surface area (Å²) in [6.07, 6.45) is -3.02. The summed E-state index contributed by atoms with van der Waals surface area (Å²) in [4.78, 5) is 0. The molecule has 3 nitrogen and oxygen atoms in total. The molecule has 110 valence electrons. The van der Waals surface area contributed by atoms with E-state index in [1.807, 2.05) is 0 Å². The number of para-hydroxylation sites is 2. The second-order valence-electron chi connectivity index (χ2n) is 4.16. The van der Waals surface area contributed by atoms with Crippen molar-refractivity contribution in [2.45, 2.75) is 6.18 Å². The van der Waals surface area contributed by atoms with Crippen molar-refractivity contribution in [1.29, 1.82) is 0 Å². The largest absolute Gasteiger partial charge is 0.496 e. The average Bonchev–Trinajstić information content (AvgIpc) is 2.47. The van der Waals surface area contributed by atoms with E-state index in [1.165, 1.54) is 31.5 Å². The molecule has 0 aliphatic heterocycles. The maximum Gasteiger partial charge on any atom is 0.418 e. The van der Waals surface area contributed by atoms with Gasteiger partial charge in [0, 0.05) is 5.56 Å². The number of nitrogens with zero attached hydrogens (tertiary/aromatic N) is 1. The van der Waals surface area contributed by atoms with Gasteiger partial charge in [0.25, 0.3) is 0 Å². The van der Waals surface area contributed by atoms with Gasteiger partial charge < -0.3 is 4.74 Å². The van der Waals surface area contributed by atoms with Crippen LogP contribution in [0.4, 0.5) is 18.9 Å². The second-order valence-corrected chi connectivity index (χ2v) is 4.16. The number of hydrogen-bond acceptors (Lipinski definition) is 3. The van der Waals surface area contributed by atoms with E-state index in [9.17, 15) is 13.2 Å². The van der Waals surface area contributed by atoms with E-state index in [1.54, 1.807) is 24.3 Å². The normalized spacial score (nSPS) is 11.6. The Morgan fingerprint density at radius 1 is 1.05 bits per heavy atom. The molecule has 0 saturated heterocycles. The number of hydrazone groups is 1. The van der Waals surface area contributed by atoms with Crippen LogP contribution in [0.3, 0.4) is 0 Å². The molecule has 21 heavy (non-hydrogen) atoms. The zero-order chi connectivity index (χ0) is 15.3. The summed E-state index contributed by atoms with van der Waals surface area (Å²) in [6, 6.07) is 12.2. The zero-order valence-electron chi connectivity index (χ0n) is 11.2. The minimum atomic E-state index is -4.43. The molecule has 0 unspecified atom stereocenters. The van der Waals surface area contributed by atoms with Gasteiger partial charge in [-0.3, -0.25) is 5.43 Å². The summed E-state index contributed by atoms with van der Waals surface area (Å²) >= 11 is 0. The second kappa shape index (κ2) is 6.30. The van der Waals surface area contributed by atoms with E-state index < -0.39 is 11.7 Å². The number of benzene rings is 2. The predicted octanol–water partition coefficient (Wildman–Crippen LogP) is 4.16. The number of rotatable bonds is 4. The first kappa shape index (κ1) is 14.9. The molecule has 0 atom stereocenters. The predicted molar refractivity (Wildman–Crippen MR) is 75.7 cm³/mol. The van der Waals surface area contributed by atoms with Crippen LogP contribution in [0.15, 0.2) is 53.6 Å². The number of nitrogens with one attached hydrogen (secondary N) is 1. The Labute approximate surface area is 120 Å². The van der Waals surface area contributed by atoms with Crippen molar-refractivity contribution in [2.24, 2.45) is 5.10 Å². The summed E-state index contributed by atoms with van der Waals surface area (Å²) in [5.41, 5.74) is 2.21. The lowest BCUT2D eigenvalue weighted by atomic mass is 10.2. The van der Waals surface area contributed by atoms with Crippen molar-refractivity contribution in [3.05, 3.63) is 59.7 Å². The molecule has 0 aromatic heterocycles. The summed E-state index contributed by atoms with van der Waals surface area (Å²) < 4.78 is 43.5. The van der Waals surface area contributed by atoms with Crippen molar-refractivity contribution in [3.8, 4) is 5.75 Å². The molecule has 2 aromatic carbocycles. The Hall–Kier alpha value is -2.50. The van der Waals surface area contributed by atoms with Gasteiger partial charge in [-0.05, 0) is 24.3 Å². The van der Waals surface area contributed by atoms with Gasteiger partial charge in [-0.15, -0.1) is 0 Å². The van der Waals surface area contributed by atoms with Gasteiger partial charge in [0.15, 0.2) is 0 Å². The van der Waals surface area contributed by atoms with Gasteiger partial charge in [0.05, 0.1) is 24.6 Å². The molecule has 0 saturated carbocycles. The van der Waals surface area contributed by atoms with E-state index in [2.05, 4.69) is 10.5 Å². The standard InChI is InChI=1S/C15H13F3N2O/c1-21-14-9-5-2-6-11(14)10-19-20-13-8-4-3-7-12(13)15(16,17)18/h2-10,20H,1H3/b19-10+. The number of methoxy groups -OCH3 is 1. The first-order valence-corrected chi connectivity index (χ1v) is 6.10. The van der Waals surface area contributed by atoms with Crippen LogP contribution < -0.4 is 10.2 Å². The third-order valence-electron chi connectivity index (χ3n) is 2.76. The molecular formula is C15H13F3N2O. The summed E-state index contributed by atoms with van der Waals surface area (Å²) in [6.45, 7) is 0. The quantitative estimate of drug-likeness (QED) is 0.678. The van der Waals surface area contributed by atoms with Crippen molar-refractivity contribution in [1.82, 2.24) is 0 Å². The van der Waals surface area contributed by atoms with Crippen molar-refractivity contribution < 1.29 is 17.9 Å². The molecule has 0 aliphatic carbocycles. The lowest BCUT2D eigenvalue weighted by Gasteiger charge is -2.11. The fourth-order valence-electron chi connectivity index (χ4n) is 1.77. The van der Waals surface area contributed by atoms with Gasteiger partial charge >= 0.3 is 6.18 Å². The van der Waals surface area contributed by atoms with Crippen LogP contribution in [0.5, 0.6) is 5.75 Å². The molecule has 0 spiro atoms. The molecule has 0 aliphatic rings. The van der Waals surface area contributed by atoms with Crippen LogP contribution in [-0.4, -0.2) is 13.3 Å². The Morgan fingerprint density at radius 2 is 1.71 bits per heavy atom. The third kappa shape index (κ3) is 3.75. The van der Waals surface area contributed by atoms with Gasteiger partial charge in [-0.1, -0.05) is 24.3 Å². The Balaban J connectivity index is 2.19. The highest BCUT2D eigenvalue weighted by Gasteiger charge is 2.33. The van der Waals surface area contributed by atoms with Crippen LogP contribution in [0, 0.1) is 0 Å². The number of hydrogen-bond donors (Lipinski definition) is 1. The monoisotopic (exact) mass is 294 g/mol. The van der Waals surface area contributed by atoms with E-state index >= 15 is 0 Å². The molecular weight excluding hydrogens is 281 g/mol. The number of anilines is 1. The highest BCUT2D eigenvalue weighted by molar-refractivity contribution is 5.84. The van der Waals surface area contributed by atoms with Crippen molar-refractivity contribution >= 4 is 11.9 Å². The zero-order valence-corrected chi connectivity index (χ0v) is 11.2. The highest BCUT2D eigenvalue weighted by atomic mass is 19.4. The molecule has 0 bridgehead atoms. The van der Waals surface area contributed by atoms with E-state index in [-0.39, 0.29) is 5.69 Å². The molecule has 0 radical (unpaired) electrons. The molecule has 0 amide bonds. The number of ether oxygens (including phenoxy) is 1. The Morgan fingerprint density at radius 3 is 2.43 bits per heavy atom. The minimum absolute atomic E-state index is 0.101. The summed E-state index contributed by atoms with van der Waals surface area (Å²) in [5.74, 6) is 0.590. The van der Waals surface area contributed by atoms with Crippen LogP contribution >= 0.6 is 0 Å². The minimum Gasteiger partial charge on any atom is -0.496 e. The van der Waals surface area contributed by atoms with Gasteiger partial charge in [0.2, 0.25) is 0 Å². The first-order chi connectivity index (χ1) is 10.0. The van der Waals surface area contributed by atoms with E-state index in [0.717, 1.165) is 6.07 Å². The SMILES string of the molecule is COc1ccccc1/C=N/Nc1ccccc1C(F)(F)F. The highest BCUT2D eigenvalue weighted by Crippen LogP contribution is 2.34. The van der Waals surface area contributed by atoms with Crippen LogP contribution in [-0.2, 0) is 6.18 Å². The summed E-state index contributed by atoms with van der Waals surface area (Å²) in [5, 5.41) is 3.84. The molecule has 1 N–H and O–H groups in total. The summed E-state index contributed by atoms with van der Waals surface area (Å²) in [7, 11) is 1.51. The number of alkyl halides is 3. The van der Waals surface area contributed by atoms with E-state index in [0.29, 0.717) is 11.3 Å².